The first-order chi connectivity index (χ1) is 7.72. The molecule has 0 heterocycles. The van der Waals surface area contributed by atoms with E-state index < -0.39 is 0 Å². The predicted octanol–water partition coefficient (Wildman–Crippen LogP) is 4.92. The highest BCUT2D eigenvalue weighted by Crippen LogP contribution is 2.21. The molecule has 0 fully saturated rings. The molecule has 1 nitrogen and oxygen atoms in total. The van der Waals surface area contributed by atoms with Gasteiger partial charge in [0.15, 0.2) is 0 Å². The van der Waals surface area contributed by atoms with E-state index in [9.17, 15) is 5.11 Å². The van der Waals surface area contributed by atoms with Crippen LogP contribution in [-0.2, 0) is 0 Å². The van der Waals surface area contributed by atoms with Gasteiger partial charge in [0, 0.05) is 0 Å². The van der Waals surface area contributed by atoms with Crippen LogP contribution in [0.4, 0.5) is 0 Å². The summed E-state index contributed by atoms with van der Waals surface area (Å²) in [6.07, 6.45) is 13.0. The highest BCUT2D eigenvalue weighted by Gasteiger charge is 2.13. The third kappa shape index (κ3) is 9.21. The fraction of sp³-hybridized carbons (Fsp3) is 1.00. The average molecular weight is 228 g/mol. The van der Waals surface area contributed by atoms with Gasteiger partial charge in [-0.1, -0.05) is 65.2 Å². The molecule has 0 rings (SSSR count). The monoisotopic (exact) mass is 228 g/mol. The lowest BCUT2D eigenvalue weighted by molar-refractivity contribution is 0.111. The van der Waals surface area contributed by atoms with Crippen molar-refractivity contribution in [2.75, 3.05) is 0 Å². The van der Waals surface area contributed by atoms with Crippen molar-refractivity contribution < 1.29 is 5.11 Å². The summed E-state index contributed by atoms with van der Waals surface area (Å²) in [5.41, 5.74) is 0. The average Bonchev–Trinajstić information content (AvgIpc) is 2.26. The molecule has 0 saturated carbocycles. The lowest BCUT2D eigenvalue weighted by Gasteiger charge is -2.19. The lowest BCUT2D eigenvalue weighted by Crippen LogP contribution is -2.16. The zero-order chi connectivity index (χ0) is 12.2. The highest BCUT2D eigenvalue weighted by molar-refractivity contribution is 4.65. The van der Waals surface area contributed by atoms with Crippen LogP contribution >= 0.6 is 0 Å². The molecule has 0 aliphatic carbocycles. The SMILES string of the molecule is CCCCCCCC(CCCCC)C(C)O. The van der Waals surface area contributed by atoms with Gasteiger partial charge in [0.1, 0.15) is 0 Å². The van der Waals surface area contributed by atoms with Crippen molar-refractivity contribution in [1.82, 2.24) is 0 Å². The van der Waals surface area contributed by atoms with Crippen LogP contribution in [0, 0.1) is 5.92 Å². The highest BCUT2D eigenvalue weighted by atomic mass is 16.3. The molecule has 2 atom stereocenters. The Balaban J connectivity index is 3.52. The Kier molecular flexibility index (Phi) is 11.4. The molecule has 0 saturated heterocycles. The first-order valence-electron chi connectivity index (χ1n) is 7.40. The smallest absolute Gasteiger partial charge is 0.0540 e. The molecule has 0 aliphatic rings. The van der Waals surface area contributed by atoms with Gasteiger partial charge in [-0.05, 0) is 25.7 Å². The van der Waals surface area contributed by atoms with Gasteiger partial charge >= 0.3 is 0 Å². The topological polar surface area (TPSA) is 20.2 Å². The van der Waals surface area contributed by atoms with E-state index in [4.69, 9.17) is 0 Å². The molecule has 0 aromatic rings. The minimum Gasteiger partial charge on any atom is -0.393 e. The largest absolute Gasteiger partial charge is 0.393 e. The Morgan fingerprint density at radius 3 is 1.69 bits per heavy atom. The van der Waals surface area contributed by atoms with Crippen LogP contribution in [0.3, 0.4) is 0 Å². The van der Waals surface area contributed by atoms with E-state index in [2.05, 4.69) is 13.8 Å². The molecule has 2 unspecified atom stereocenters. The molecule has 0 aromatic heterocycles. The Hall–Kier alpha value is -0.0400. The summed E-state index contributed by atoms with van der Waals surface area (Å²) in [7, 11) is 0. The van der Waals surface area contributed by atoms with Gasteiger partial charge < -0.3 is 5.11 Å². The maximum atomic E-state index is 9.71. The molecule has 1 heteroatoms. The van der Waals surface area contributed by atoms with E-state index in [1.807, 2.05) is 6.92 Å². The molecule has 0 aliphatic heterocycles. The van der Waals surface area contributed by atoms with E-state index in [1.165, 1.54) is 64.2 Å². The third-order valence-corrected chi connectivity index (χ3v) is 3.54. The van der Waals surface area contributed by atoms with Gasteiger partial charge in [0.25, 0.3) is 0 Å². The summed E-state index contributed by atoms with van der Waals surface area (Å²) in [5, 5.41) is 9.71. The first-order valence-corrected chi connectivity index (χ1v) is 7.40. The van der Waals surface area contributed by atoms with Gasteiger partial charge in [-0.2, -0.15) is 0 Å². The minimum absolute atomic E-state index is 0.108. The predicted molar refractivity (Wildman–Crippen MR) is 72.7 cm³/mol. The van der Waals surface area contributed by atoms with Crippen molar-refractivity contribution in [2.24, 2.45) is 5.92 Å². The number of aliphatic hydroxyl groups is 1. The Bertz CT molecular complexity index is 131. The molecule has 1 N–H and O–H groups in total. The molecular weight excluding hydrogens is 196 g/mol. The molecule has 16 heavy (non-hydrogen) atoms. The number of hydrogen-bond acceptors (Lipinski definition) is 1. The summed E-state index contributed by atoms with van der Waals surface area (Å²) >= 11 is 0. The van der Waals surface area contributed by atoms with Crippen molar-refractivity contribution in [3.05, 3.63) is 0 Å². The molecule has 0 amide bonds. The standard InChI is InChI=1S/C15H32O/c1-4-6-8-9-11-13-15(14(3)16)12-10-7-5-2/h14-16H,4-13H2,1-3H3. The summed E-state index contributed by atoms with van der Waals surface area (Å²) < 4.78 is 0. The maximum absolute atomic E-state index is 9.71. The minimum atomic E-state index is -0.108. The van der Waals surface area contributed by atoms with Gasteiger partial charge in [-0.15, -0.1) is 0 Å². The summed E-state index contributed by atoms with van der Waals surface area (Å²) in [6.45, 7) is 6.45. The number of rotatable bonds is 11. The zero-order valence-electron chi connectivity index (χ0n) is 11.7. The molecule has 98 valence electrons. The molecule has 0 spiro atoms. The summed E-state index contributed by atoms with van der Waals surface area (Å²) in [6, 6.07) is 0. The van der Waals surface area contributed by atoms with Gasteiger partial charge in [0.05, 0.1) is 6.10 Å². The molecule has 0 aromatic carbocycles. The Morgan fingerprint density at radius 2 is 1.19 bits per heavy atom. The fourth-order valence-corrected chi connectivity index (χ4v) is 2.29. The van der Waals surface area contributed by atoms with Gasteiger partial charge in [-0.25, -0.2) is 0 Å². The van der Waals surface area contributed by atoms with Crippen molar-refractivity contribution in [1.29, 1.82) is 0 Å². The van der Waals surface area contributed by atoms with E-state index in [1.54, 1.807) is 0 Å². The quantitative estimate of drug-likeness (QED) is 0.497. The third-order valence-electron chi connectivity index (χ3n) is 3.54. The van der Waals surface area contributed by atoms with Gasteiger partial charge in [0.2, 0.25) is 0 Å². The summed E-state index contributed by atoms with van der Waals surface area (Å²) in [5.74, 6) is 0.549. The van der Waals surface area contributed by atoms with Crippen LogP contribution in [0.1, 0.15) is 85.0 Å². The van der Waals surface area contributed by atoms with Crippen LogP contribution < -0.4 is 0 Å². The van der Waals surface area contributed by atoms with Crippen LogP contribution in [-0.4, -0.2) is 11.2 Å². The number of aliphatic hydroxyl groups excluding tert-OH is 1. The molecular formula is C15H32O. The van der Waals surface area contributed by atoms with Crippen LogP contribution in [0.2, 0.25) is 0 Å². The van der Waals surface area contributed by atoms with E-state index in [-0.39, 0.29) is 6.10 Å². The Morgan fingerprint density at radius 1 is 0.750 bits per heavy atom. The van der Waals surface area contributed by atoms with E-state index in [0.717, 1.165) is 0 Å². The zero-order valence-corrected chi connectivity index (χ0v) is 11.7. The number of unbranched alkanes of at least 4 members (excludes halogenated alkanes) is 6. The normalized spacial score (nSPS) is 15.0. The second-order valence-electron chi connectivity index (χ2n) is 5.20. The van der Waals surface area contributed by atoms with Crippen LogP contribution in [0.25, 0.3) is 0 Å². The summed E-state index contributed by atoms with van der Waals surface area (Å²) in [4.78, 5) is 0. The second-order valence-corrected chi connectivity index (χ2v) is 5.20. The van der Waals surface area contributed by atoms with Crippen molar-refractivity contribution in [2.45, 2.75) is 91.1 Å². The van der Waals surface area contributed by atoms with E-state index in [0.29, 0.717) is 5.92 Å². The molecule has 0 bridgehead atoms. The Labute approximate surface area is 103 Å². The second kappa shape index (κ2) is 11.4. The number of hydrogen-bond donors (Lipinski definition) is 1. The molecule has 0 radical (unpaired) electrons. The van der Waals surface area contributed by atoms with Crippen molar-refractivity contribution in [3.8, 4) is 0 Å². The maximum Gasteiger partial charge on any atom is 0.0540 e. The van der Waals surface area contributed by atoms with Crippen LogP contribution in [0.15, 0.2) is 0 Å². The van der Waals surface area contributed by atoms with Gasteiger partial charge in [-0.3, -0.25) is 0 Å². The van der Waals surface area contributed by atoms with Crippen molar-refractivity contribution in [3.63, 3.8) is 0 Å². The van der Waals surface area contributed by atoms with Crippen LogP contribution in [0.5, 0.6) is 0 Å². The lowest BCUT2D eigenvalue weighted by atomic mass is 9.90. The van der Waals surface area contributed by atoms with E-state index >= 15 is 0 Å². The first kappa shape index (κ1) is 16.0. The fourth-order valence-electron chi connectivity index (χ4n) is 2.29. The van der Waals surface area contributed by atoms with Crippen molar-refractivity contribution >= 4 is 0 Å².